The largest absolute Gasteiger partial charge is 0.418 e. The molecule has 0 radical (unpaired) electrons. The molecule has 0 aromatic heterocycles. The number of likely N-dealkylation sites (tertiary alicyclic amines) is 1. The molecule has 1 atom stereocenters. The highest BCUT2D eigenvalue weighted by atomic mass is 19.4. The van der Waals surface area contributed by atoms with Gasteiger partial charge in [0.15, 0.2) is 5.60 Å². The lowest BCUT2D eigenvalue weighted by Gasteiger charge is -2.33. The Labute approximate surface area is 92.6 Å². The molecule has 0 aromatic rings. The number of hydrogen-bond acceptors (Lipinski definition) is 3. The van der Waals surface area contributed by atoms with Crippen LogP contribution >= 0.6 is 0 Å². The predicted molar refractivity (Wildman–Crippen MR) is 53.1 cm³/mol. The van der Waals surface area contributed by atoms with E-state index in [9.17, 15) is 18.3 Å². The number of alkyl halides is 3. The van der Waals surface area contributed by atoms with E-state index in [1.165, 1.54) is 0 Å². The summed E-state index contributed by atoms with van der Waals surface area (Å²) >= 11 is 0. The Balaban J connectivity index is 1.96. The Morgan fingerprint density at radius 1 is 1.25 bits per heavy atom. The van der Waals surface area contributed by atoms with E-state index in [1.807, 2.05) is 0 Å². The summed E-state index contributed by atoms with van der Waals surface area (Å²) in [6, 6.07) is 0.192. The van der Waals surface area contributed by atoms with Gasteiger partial charge < -0.3 is 10.4 Å². The van der Waals surface area contributed by atoms with Gasteiger partial charge in [0.25, 0.3) is 0 Å². The van der Waals surface area contributed by atoms with E-state index < -0.39 is 11.8 Å². The molecule has 0 aromatic carbocycles. The van der Waals surface area contributed by atoms with Crippen LogP contribution in [0, 0.1) is 0 Å². The number of halogens is 3. The average Bonchev–Trinajstić information content (AvgIpc) is 2.63. The first-order valence-corrected chi connectivity index (χ1v) is 5.66. The van der Waals surface area contributed by atoms with Crippen LogP contribution in [0.1, 0.15) is 19.3 Å². The normalized spacial score (nSPS) is 34.5. The van der Waals surface area contributed by atoms with Crippen molar-refractivity contribution in [2.75, 3.05) is 26.2 Å². The van der Waals surface area contributed by atoms with Gasteiger partial charge in [0, 0.05) is 19.1 Å². The summed E-state index contributed by atoms with van der Waals surface area (Å²) in [7, 11) is 0. The topological polar surface area (TPSA) is 35.5 Å². The third-order valence-electron chi connectivity index (χ3n) is 3.63. The van der Waals surface area contributed by atoms with Gasteiger partial charge >= 0.3 is 6.18 Å². The summed E-state index contributed by atoms with van der Waals surface area (Å²) < 4.78 is 37.8. The zero-order valence-corrected chi connectivity index (χ0v) is 9.06. The lowest BCUT2D eigenvalue weighted by molar-refractivity contribution is -0.254. The van der Waals surface area contributed by atoms with E-state index in [4.69, 9.17) is 0 Å². The fourth-order valence-electron chi connectivity index (χ4n) is 2.54. The maximum absolute atomic E-state index is 12.6. The number of nitrogens with one attached hydrogen (secondary N) is 1. The summed E-state index contributed by atoms with van der Waals surface area (Å²) in [5.41, 5.74) is -2.49. The Bertz CT molecular complexity index is 253. The number of piperidine rings is 1. The van der Waals surface area contributed by atoms with Crippen molar-refractivity contribution < 1.29 is 18.3 Å². The van der Waals surface area contributed by atoms with Crippen LogP contribution in [0.2, 0.25) is 0 Å². The highest BCUT2D eigenvalue weighted by Gasteiger charge is 2.57. The van der Waals surface area contributed by atoms with Crippen LogP contribution in [0.15, 0.2) is 0 Å². The van der Waals surface area contributed by atoms with Crippen molar-refractivity contribution in [2.45, 2.75) is 37.1 Å². The Morgan fingerprint density at radius 3 is 2.38 bits per heavy atom. The Kier molecular flexibility index (Phi) is 3.16. The SMILES string of the molecule is OC1(C(F)(F)F)CCN(C2CCNCC2)C1. The fraction of sp³-hybridized carbons (Fsp3) is 1.00. The van der Waals surface area contributed by atoms with Gasteiger partial charge in [-0.25, -0.2) is 0 Å². The van der Waals surface area contributed by atoms with Gasteiger partial charge in [-0.1, -0.05) is 0 Å². The molecule has 0 saturated carbocycles. The maximum Gasteiger partial charge on any atom is 0.418 e. The second-order valence-corrected chi connectivity index (χ2v) is 4.73. The van der Waals surface area contributed by atoms with E-state index >= 15 is 0 Å². The fourth-order valence-corrected chi connectivity index (χ4v) is 2.54. The molecule has 0 bridgehead atoms. The monoisotopic (exact) mass is 238 g/mol. The summed E-state index contributed by atoms with van der Waals surface area (Å²) in [4.78, 5) is 1.79. The number of hydrogen-bond donors (Lipinski definition) is 2. The van der Waals surface area contributed by atoms with Crippen LogP contribution in [0.3, 0.4) is 0 Å². The predicted octanol–water partition coefficient (Wildman–Crippen LogP) is 0.738. The molecule has 2 aliphatic rings. The molecule has 2 rings (SSSR count). The minimum absolute atomic E-state index is 0.192. The second kappa shape index (κ2) is 4.16. The van der Waals surface area contributed by atoms with Crippen molar-refractivity contribution in [3.63, 3.8) is 0 Å². The highest BCUT2D eigenvalue weighted by molar-refractivity contribution is 4.98. The molecule has 1 unspecified atom stereocenters. The highest BCUT2D eigenvalue weighted by Crippen LogP contribution is 2.38. The van der Waals surface area contributed by atoms with E-state index in [0.717, 1.165) is 25.9 Å². The lowest BCUT2D eigenvalue weighted by atomic mass is 10.0. The van der Waals surface area contributed by atoms with E-state index in [-0.39, 0.29) is 19.0 Å². The maximum atomic E-state index is 12.6. The summed E-state index contributed by atoms with van der Waals surface area (Å²) in [5.74, 6) is 0. The lowest BCUT2D eigenvalue weighted by Crippen LogP contribution is -2.49. The summed E-state index contributed by atoms with van der Waals surface area (Å²) in [6.07, 6.45) is -2.96. The summed E-state index contributed by atoms with van der Waals surface area (Å²) in [6.45, 7) is 1.79. The number of aliphatic hydroxyl groups is 1. The van der Waals surface area contributed by atoms with Crippen molar-refractivity contribution in [1.82, 2.24) is 10.2 Å². The first-order valence-electron chi connectivity index (χ1n) is 5.66. The molecule has 94 valence electrons. The molecule has 2 fully saturated rings. The van der Waals surface area contributed by atoms with E-state index in [0.29, 0.717) is 6.54 Å². The summed E-state index contributed by atoms with van der Waals surface area (Å²) in [5, 5.41) is 12.7. The Morgan fingerprint density at radius 2 is 1.88 bits per heavy atom. The quantitative estimate of drug-likeness (QED) is 0.707. The number of β-amino-alcohol motifs (C(OH)–C–C–N with tert-alkyl or cyclic N) is 1. The van der Waals surface area contributed by atoms with Crippen LogP contribution in [0.5, 0.6) is 0 Å². The molecular formula is C10H17F3N2O. The molecule has 0 spiro atoms. The van der Waals surface area contributed by atoms with Gasteiger partial charge in [-0.3, -0.25) is 4.90 Å². The minimum Gasteiger partial charge on any atom is -0.379 e. The smallest absolute Gasteiger partial charge is 0.379 e. The van der Waals surface area contributed by atoms with E-state index in [2.05, 4.69) is 5.32 Å². The standard InChI is InChI=1S/C10H17F3N2O/c11-10(12,13)9(16)3-6-15(7-9)8-1-4-14-5-2-8/h8,14,16H,1-7H2. The van der Waals surface area contributed by atoms with Crippen LogP contribution in [0.25, 0.3) is 0 Å². The van der Waals surface area contributed by atoms with Crippen molar-refractivity contribution in [2.24, 2.45) is 0 Å². The van der Waals surface area contributed by atoms with Crippen molar-refractivity contribution in [3.8, 4) is 0 Å². The second-order valence-electron chi connectivity index (χ2n) is 4.73. The average molecular weight is 238 g/mol. The molecule has 2 heterocycles. The Hall–Kier alpha value is -0.330. The molecule has 0 amide bonds. The molecule has 2 aliphatic heterocycles. The van der Waals surface area contributed by atoms with Crippen LogP contribution in [0.4, 0.5) is 13.2 Å². The van der Waals surface area contributed by atoms with Gasteiger partial charge in [0.05, 0.1) is 0 Å². The molecule has 6 heteroatoms. The number of rotatable bonds is 1. The third-order valence-corrected chi connectivity index (χ3v) is 3.63. The first kappa shape index (κ1) is 12.1. The van der Waals surface area contributed by atoms with Crippen LogP contribution < -0.4 is 5.32 Å². The van der Waals surface area contributed by atoms with Crippen molar-refractivity contribution >= 4 is 0 Å². The van der Waals surface area contributed by atoms with Crippen molar-refractivity contribution in [3.05, 3.63) is 0 Å². The molecule has 2 N–H and O–H groups in total. The van der Waals surface area contributed by atoms with E-state index in [1.54, 1.807) is 4.90 Å². The molecule has 2 saturated heterocycles. The van der Waals surface area contributed by atoms with Gasteiger partial charge in [0.2, 0.25) is 0 Å². The van der Waals surface area contributed by atoms with Gasteiger partial charge in [-0.15, -0.1) is 0 Å². The van der Waals surface area contributed by atoms with Gasteiger partial charge in [-0.05, 0) is 32.4 Å². The van der Waals surface area contributed by atoms with Crippen LogP contribution in [-0.2, 0) is 0 Å². The zero-order valence-electron chi connectivity index (χ0n) is 9.06. The van der Waals surface area contributed by atoms with Gasteiger partial charge in [-0.2, -0.15) is 13.2 Å². The molecule has 16 heavy (non-hydrogen) atoms. The third kappa shape index (κ3) is 2.19. The molecule has 3 nitrogen and oxygen atoms in total. The van der Waals surface area contributed by atoms with Crippen molar-refractivity contribution in [1.29, 1.82) is 0 Å². The van der Waals surface area contributed by atoms with Crippen LogP contribution in [-0.4, -0.2) is 54.0 Å². The molecular weight excluding hydrogens is 221 g/mol. The zero-order chi connectivity index (χ0) is 11.8. The molecule has 0 aliphatic carbocycles. The first-order chi connectivity index (χ1) is 7.42. The minimum atomic E-state index is -4.51. The number of nitrogens with zero attached hydrogens (tertiary/aromatic N) is 1. The van der Waals surface area contributed by atoms with Gasteiger partial charge in [0.1, 0.15) is 0 Å².